The number of nitrogens with zero attached hydrogens (tertiary/aromatic N) is 1. The number of nitrogens with one attached hydrogen (secondary N) is 2. The highest BCUT2D eigenvalue weighted by molar-refractivity contribution is 5.88. The summed E-state index contributed by atoms with van der Waals surface area (Å²) >= 11 is 0. The van der Waals surface area contributed by atoms with Crippen LogP contribution in [-0.4, -0.2) is 40.5 Å². The Morgan fingerprint density at radius 2 is 2.00 bits per heavy atom. The smallest absolute Gasteiger partial charge is 0.356 e. The van der Waals surface area contributed by atoms with Crippen LogP contribution in [0.3, 0.4) is 0 Å². The van der Waals surface area contributed by atoms with Gasteiger partial charge >= 0.3 is 11.7 Å². The average Bonchev–Trinajstić information content (AvgIpc) is 2.89. The predicted molar refractivity (Wildman–Crippen MR) is 69.1 cm³/mol. The normalized spacial score (nSPS) is 15.4. The summed E-state index contributed by atoms with van der Waals surface area (Å²) in [7, 11) is 0. The third-order valence-electron chi connectivity index (χ3n) is 2.86. The van der Waals surface area contributed by atoms with Crippen molar-refractivity contribution in [1.29, 1.82) is 0 Å². The zero-order chi connectivity index (χ0) is 12.3. The van der Waals surface area contributed by atoms with Crippen molar-refractivity contribution in [3.8, 4) is 0 Å². The van der Waals surface area contributed by atoms with Crippen LogP contribution in [0.4, 0.5) is 0 Å². The summed E-state index contributed by atoms with van der Waals surface area (Å²) < 4.78 is 4.90. The molecule has 0 saturated carbocycles. The number of aromatic nitrogens is 2. The Morgan fingerprint density at radius 1 is 1.33 bits per heavy atom. The average molecular weight is 276 g/mol. The van der Waals surface area contributed by atoms with E-state index in [-0.39, 0.29) is 23.8 Å². The van der Waals surface area contributed by atoms with Crippen LogP contribution in [0.15, 0.2) is 4.79 Å². The summed E-state index contributed by atoms with van der Waals surface area (Å²) in [5.41, 5.74) is 0.515. The quantitative estimate of drug-likeness (QED) is 0.800. The number of hydrogen-bond acceptors (Lipinski definition) is 4. The van der Waals surface area contributed by atoms with Crippen LogP contribution in [0, 0.1) is 0 Å². The number of H-pyrrole nitrogens is 2. The van der Waals surface area contributed by atoms with Gasteiger partial charge < -0.3 is 9.72 Å². The Labute approximate surface area is 111 Å². The summed E-state index contributed by atoms with van der Waals surface area (Å²) in [4.78, 5) is 30.2. The highest BCUT2D eigenvalue weighted by atomic mass is 35.5. The van der Waals surface area contributed by atoms with Gasteiger partial charge in [-0.15, -0.1) is 12.4 Å². The van der Waals surface area contributed by atoms with Crippen molar-refractivity contribution in [2.45, 2.75) is 26.3 Å². The number of likely N-dealkylation sites (tertiary alicyclic amines) is 1. The molecule has 2 rings (SSSR count). The number of ether oxygens (including phenoxy) is 1. The molecule has 1 fully saturated rings. The first-order chi connectivity index (χ1) is 8.20. The van der Waals surface area contributed by atoms with Crippen molar-refractivity contribution in [3.05, 3.63) is 21.9 Å². The van der Waals surface area contributed by atoms with Gasteiger partial charge in [-0.2, -0.15) is 0 Å². The summed E-state index contributed by atoms with van der Waals surface area (Å²) in [6.07, 6.45) is 2.34. The monoisotopic (exact) mass is 275 g/mol. The van der Waals surface area contributed by atoms with Gasteiger partial charge in [0.1, 0.15) is 5.69 Å². The van der Waals surface area contributed by atoms with Crippen molar-refractivity contribution in [2.24, 2.45) is 0 Å². The van der Waals surface area contributed by atoms with Crippen LogP contribution in [-0.2, 0) is 11.3 Å². The molecule has 0 unspecified atom stereocenters. The van der Waals surface area contributed by atoms with Crippen LogP contribution in [0.25, 0.3) is 0 Å². The standard InChI is InChI=1S/C11H17N3O3.ClH/c1-2-17-10(15)9-8(12-11(16)13-9)7-14-5-3-4-6-14;/h2-7H2,1H3,(H2,12,13,16);1H. The molecule has 0 amide bonds. The Bertz CT molecular complexity index is 449. The molecule has 0 aliphatic carbocycles. The van der Waals surface area contributed by atoms with Gasteiger partial charge in [-0.05, 0) is 32.9 Å². The highest BCUT2D eigenvalue weighted by Gasteiger charge is 2.20. The van der Waals surface area contributed by atoms with Gasteiger partial charge in [-0.3, -0.25) is 9.88 Å². The zero-order valence-corrected chi connectivity index (χ0v) is 11.1. The second-order valence-corrected chi connectivity index (χ2v) is 4.14. The number of halogens is 1. The lowest BCUT2D eigenvalue weighted by molar-refractivity contribution is 0.0517. The van der Waals surface area contributed by atoms with Crippen molar-refractivity contribution < 1.29 is 9.53 Å². The number of esters is 1. The van der Waals surface area contributed by atoms with E-state index in [1.54, 1.807) is 6.92 Å². The summed E-state index contributed by atoms with van der Waals surface area (Å²) in [5, 5.41) is 0. The number of rotatable bonds is 4. The van der Waals surface area contributed by atoms with E-state index in [0.717, 1.165) is 13.1 Å². The van der Waals surface area contributed by atoms with Gasteiger partial charge in [-0.25, -0.2) is 9.59 Å². The molecule has 1 aromatic heterocycles. The molecule has 1 saturated heterocycles. The van der Waals surface area contributed by atoms with Crippen molar-refractivity contribution >= 4 is 18.4 Å². The fraction of sp³-hybridized carbons (Fsp3) is 0.636. The van der Waals surface area contributed by atoms with E-state index >= 15 is 0 Å². The summed E-state index contributed by atoms with van der Waals surface area (Å²) in [5.74, 6) is -0.472. The van der Waals surface area contributed by atoms with Gasteiger partial charge in [0, 0.05) is 6.54 Å². The third-order valence-corrected chi connectivity index (χ3v) is 2.86. The molecule has 7 heteroatoms. The first-order valence-corrected chi connectivity index (χ1v) is 5.91. The lowest BCUT2D eigenvalue weighted by atomic mass is 10.3. The molecular weight excluding hydrogens is 258 g/mol. The SMILES string of the molecule is CCOC(=O)c1[nH]c(=O)[nH]c1CN1CCCC1.Cl. The number of hydrogen-bond donors (Lipinski definition) is 2. The minimum absolute atomic E-state index is 0. The zero-order valence-electron chi connectivity index (χ0n) is 10.3. The molecule has 0 atom stereocenters. The molecular formula is C11H18ClN3O3. The second kappa shape index (κ2) is 6.61. The Hall–Kier alpha value is -1.27. The Kier molecular flexibility index (Phi) is 5.43. The van der Waals surface area contributed by atoms with Gasteiger partial charge in [-0.1, -0.05) is 0 Å². The number of carbonyl (C=O) groups is 1. The molecule has 0 radical (unpaired) electrons. The molecule has 0 aromatic carbocycles. The van der Waals surface area contributed by atoms with Crippen molar-refractivity contribution in [1.82, 2.24) is 14.9 Å². The van der Waals surface area contributed by atoms with Crippen molar-refractivity contribution in [3.63, 3.8) is 0 Å². The third kappa shape index (κ3) is 3.36. The molecule has 2 heterocycles. The maximum absolute atomic E-state index is 11.6. The first kappa shape index (κ1) is 14.8. The number of imidazole rings is 1. The predicted octanol–water partition coefficient (Wildman–Crippen LogP) is 0.897. The van der Waals surface area contributed by atoms with E-state index in [1.807, 2.05) is 0 Å². The van der Waals surface area contributed by atoms with Gasteiger partial charge in [0.25, 0.3) is 0 Å². The summed E-state index contributed by atoms with van der Waals surface area (Å²) in [6, 6.07) is 0. The van der Waals surface area contributed by atoms with E-state index in [4.69, 9.17) is 4.74 Å². The fourth-order valence-electron chi connectivity index (χ4n) is 2.08. The van der Waals surface area contributed by atoms with E-state index in [1.165, 1.54) is 12.8 Å². The van der Waals surface area contributed by atoms with Crippen LogP contribution in [0.2, 0.25) is 0 Å². The Balaban J connectivity index is 0.00000162. The molecule has 102 valence electrons. The van der Waals surface area contributed by atoms with Crippen molar-refractivity contribution in [2.75, 3.05) is 19.7 Å². The molecule has 18 heavy (non-hydrogen) atoms. The topological polar surface area (TPSA) is 78.2 Å². The maximum atomic E-state index is 11.6. The molecule has 1 aliphatic rings. The minimum atomic E-state index is -0.472. The molecule has 0 spiro atoms. The second-order valence-electron chi connectivity index (χ2n) is 4.14. The van der Waals surface area contributed by atoms with E-state index in [2.05, 4.69) is 14.9 Å². The Morgan fingerprint density at radius 3 is 2.61 bits per heavy atom. The van der Waals surface area contributed by atoms with Crippen LogP contribution in [0.1, 0.15) is 35.9 Å². The van der Waals surface area contributed by atoms with E-state index < -0.39 is 5.97 Å². The van der Waals surface area contributed by atoms with Gasteiger partial charge in [0.15, 0.2) is 0 Å². The largest absolute Gasteiger partial charge is 0.461 e. The van der Waals surface area contributed by atoms with Crippen LogP contribution < -0.4 is 5.69 Å². The molecule has 6 nitrogen and oxygen atoms in total. The lowest BCUT2D eigenvalue weighted by Crippen LogP contribution is -2.21. The van der Waals surface area contributed by atoms with E-state index in [9.17, 15) is 9.59 Å². The van der Waals surface area contributed by atoms with E-state index in [0.29, 0.717) is 18.8 Å². The van der Waals surface area contributed by atoms with Gasteiger partial charge in [0.2, 0.25) is 0 Å². The summed E-state index contributed by atoms with van der Waals surface area (Å²) in [6.45, 7) is 4.65. The fourth-order valence-corrected chi connectivity index (χ4v) is 2.08. The number of aromatic amines is 2. The van der Waals surface area contributed by atoms with Gasteiger partial charge in [0.05, 0.1) is 12.3 Å². The molecule has 1 aromatic rings. The lowest BCUT2D eigenvalue weighted by Gasteiger charge is -2.13. The highest BCUT2D eigenvalue weighted by Crippen LogP contribution is 2.13. The molecule has 2 N–H and O–H groups in total. The number of carbonyl (C=O) groups excluding carboxylic acids is 1. The molecule has 1 aliphatic heterocycles. The van der Waals surface area contributed by atoms with Crippen LogP contribution in [0.5, 0.6) is 0 Å². The first-order valence-electron chi connectivity index (χ1n) is 5.91. The molecule has 0 bridgehead atoms. The minimum Gasteiger partial charge on any atom is -0.461 e. The maximum Gasteiger partial charge on any atom is 0.356 e. The van der Waals surface area contributed by atoms with Crippen LogP contribution >= 0.6 is 12.4 Å².